The van der Waals surface area contributed by atoms with Gasteiger partial charge in [-0.05, 0) is 25.7 Å². The molecule has 1 heteroatoms. The Bertz CT molecular complexity index is 62.2. The summed E-state index contributed by atoms with van der Waals surface area (Å²) in [5, 5.41) is 0. The summed E-state index contributed by atoms with van der Waals surface area (Å²) in [6, 6.07) is 0. The molecule has 1 fully saturated rings. The van der Waals surface area contributed by atoms with E-state index in [0.717, 1.165) is 13.0 Å². The summed E-state index contributed by atoms with van der Waals surface area (Å²) >= 11 is 0. The molecule has 0 spiro atoms. The van der Waals surface area contributed by atoms with Crippen LogP contribution in [0.2, 0.25) is 0 Å². The fourth-order valence-corrected chi connectivity index (χ4v) is 1.21. The summed E-state index contributed by atoms with van der Waals surface area (Å²) in [5.41, 5.74) is 0. The number of hydrogen-bond acceptors (Lipinski definition) is 1. The summed E-state index contributed by atoms with van der Waals surface area (Å²) in [6.45, 7) is 3.16. The zero-order valence-corrected chi connectivity index (χ0v) is 6.10. The number of ether oxygens (including phenoxy) is 1. The Kier molecular flexibility index (Phi) is 3.05. The molecule has 0 saturated carbocycles. The molecule has 1 rings (SSSR count). The largest absolute Gasteiger partial charge is 0.378 e. The van der Waals surface area contributed by atoms with Crippen LogP contribution in [0.1, 0.15) is 32.6 Å². The maximum absolute atomic E-state index is 5.49. The average molecular weight is 127 g/mol. The highest BCUT2D eigenvalue weighted by atomic mass is 16.5. The van der Waals surface area contributed by atoms with E-state index in [2.05, 4.69) is 13.3 Å². The van der Waals surface area contributed by atoms with Gasteiger partial charge in [0.2, 0.25) is 0 Å². The molecule has 0 aliphatic carbocycles. The molecule has 1 aliphatic heterocycles. The van der Waals surface area contributed by atoms with Crippen LogP contribution in [0, 0.1) is 6.42 Å². The minimum atomic E-state index is 0.545. The second kappa shape index (κ2) is 3.89. The highest BCUT2D eigenvalue weighted by Gasteiger charge is 2.11. The van der Waals surface area contributed by atoms with Gasteiger partial charge in [0.25, 0.3) is 0 Å². The maximum atomic E-state index is 5.49. The molecule has 1 radical (unpaired) electrons. The standard InChI is InChI=1S/C8H15O/c1-2-5-8-6-3-4-7-9-8/h3,8H,2,4-7H2,1H3. The molecule has 1 saturated heterocycles. The van der Waals surface area contributed by atoms with Gasteiger partial charge in [-0.2, -0.15) is 0 Å². The molecule has 0 amide bonds. The van der Waals surface area contributed by atoms with Crippen molar-refractivity contribution in [2.24, 2.45) is 0 Å². The van der Waals surface area contributed by atoms with Crippen molar-refractivity contribution >= 4 is 0 Å². The van der Waals surface area contributed by atoms with Crippen LogP contribution in [0.25, 0.3) is 0 Å². The van der Waals surface area contributed by atoms with Gasteiger partial charge in [-0.3, -0.25) is 0 Å². The summed E-state index contributed by atoms with van der Waals surface area (Å²) in [4.78, 5) is 0. The lowest BCUT2D eigenvalue weighted by Gasteiger charge is -2.21. The third-order valence-electron chi connectivity index (χ3n) is 1.72. The molecule has 53 valence electrons. The minimum absolute atomic E-state index is 0.545. The monoisotopic (exact) mass is 127 g/mol. The molecule has 0 N–H and O–H groups in total. The van der Waals surface area contributed by atoms with Crippen LogP contribution in [-0.2, 0) is 4.74 Å². The predicted octanol–water partition coefficient (Wildman–Crippen LogP) is 2.17. The fraction of sp³-hybridized carbons (Fsp3) is 0.875. The summed E-state index contributed by atoms with van der Waals surface area (Å²) < 4.78 is 5.49. The zero-order valence-electron chi connectivity index (χ0n) is 6.10. The lowest BCUT2D eigenvalue weighted by molar-refractivity contribution is 0.0283. The van der Waals surface area contributed by atoms with Gasteiger partial charge in [0.15, 0.2) is 0 Å². The highest BCUT2D eigenvalue weighted by Crippen LogP contribution is 2.15. The lowest BCUT2D eigenvalue weighted by Crippen LogP contribution is -2.18. The molecule has 0 bridgehead atoms. The molecule has 1 aliphatic rings. The van der Waals surface area contributed by atoms with Crippen molar-refractivity contribution in [3.05, 3.63) is 6.42 Å². The topological polar surface area (TPSA) is 9.23 Å². The van der Waals surface area contributed by atoms with Crippen molar-refractivity contribution in [1.82, 2.24) is 0 Å². The van der Waals surface area contributed by atoms with E-state index in [1.807, 2.05) is 0 Å². The van der Waals surface area contributed by atoms with E-state index >= 15 is 0 Å². The number of rotatable bonds is 2. The molecule has 9 heavy (non-hydrogen) atoms. The average Bonchev–Trinajstić information content (AvgIpc) is 1.91. The first-order chi connectivity index (χ1) is 4.43. The van der Waals surface area contributed by atoms with E-state index in [9.17, 15) is 0 Å². The molecule has 1 unspecified atom stereocenters. The quantitative estimate of drug-likeness (QED) is 0.552. The highest BCUT2D eigenvalue weighted by molar-refractivity contribution is 4.75. The predicted molar refractivity (Wildman–Crippen MR) is 38.2 cm³/mol. The fourth-order valence-electron chi connectivity index (χ4n) is 1.21. The van der Waals surface area contributed by atoms with Gasteiger partial charge in [-0.15, -0.1) is 0 Å². The van der Waals surface area contributed by atoms with Crippen molar-refractivity contribution in [2.75, 3.05) is 6.61 Å². The van der Waals surface area contributed by atoms with Crippen LogP contribution >= 0.6 is 0 Å². The van der Waals surface area contributed by atoms with Crippen molar-refractivity contribution in [3.63, 3.8) is 0 Å². The molecule has 1 atom stereocenters. The Morgan fingerprint density at radius 2 is 2.56 bits per heavy atom. The summed E-state index contributed by atoms with van der Waals surface area (Å²) in [6.07, 6.45) is 7.69. The first-order valence-electron chi connectivity index (χ1n) is 3.86. The van der Waals surface area contributed by atoms with Crippen molar-refractivity contribution < 1.29 is 4.74 Å². The van der Waals surface area contributed by atoms with E-state index < -0.39 is 0 Å². The van der Waals surface area contributed by atoms with Gasteiger partial charge in [-0.25, -0.2) is 0 Å². The van der Waals surface area contributed by atoms with Gasteiger partial charge < -0.3 is 4.74 Å². The Morgan fingerprint density at radius 3 is 3.11 bits per heavy atom. The molecule has 1 heterocycles. The third kappa shape index (κ3) is 2.35. The Labute approximate surface area is 57.4 Å². The van der Waals surface area contributed by atoms with Gasteiger partial charge in [0.05, 0.1) is 6.10 Å². The van der Waals surface area contributed by atoms with Gasteiger partial charge in [-0.1, -0.05) is 13.3 Å². The minimum Gasteiger partial charge on any atom is -0.378 e. The van der Waals surface area contributed by atoms with Crippen molar-refractivity contribution in [3.8, 4) is 0 Å². The maximum Gasteiger partial charge on any atom is 0.0577 e. The Balaban J connectivity index is 2.08. The van der Waals surface area contributed by atoms with Crippen LogP contribution in [-0.4, -0.2) is 12.7 Å². The Hall–Kier alpha value is -0.0400. The molecular weight excluding hydrogens is 112 g/mol. The van der Waals surface area contributed by atoms with Crippen LogP contribution < -0.4 is 0 Å². The molecule has 1 nitrogen and oxygen atoms in total. The van der Waals surface area contributed by atoms with E-state index in [1.54, 1.807) is 0 Å². The first-order valence-corrected chi connectivity index (χ1v) is 3.86. The molecular formula is C8H15O. The second-order valence-corrected chi connectivity index (χ2v) is 2.59. The zero-order chi connectivity index (χ0) is 6.53. The number of hydrogen-bond donors (Lipinski definition) is 0. The normalized spacial score (nSPS) is 28.3. The second-order valence-electron chi connectivity index (χ2n) is 2.59. The first kappa shape index (κ1) is 7.07. The van der Waals surface area contributed by atoms with E-state index in [-0.39, 0.29) is 0 Å². The molecule has 0 aromatic rings. The van der Waals surface area contributed by atoms with Crippen molar-refractivity contribution in [2.45, 2.75) is 38.7 Å². The van der Waals surface area contributed by atoms with Crippen LogP contribution in [0.4, 0.5) is 0 Å². The third-order valence-corrected chi connectivity index (χ3v) is 1.72. The molecule has 0 aromatic carbocycles. The Morgan fingerprint density at radius 1 is 1.67 bits per heavy atom. The van der Waals surface area contributed by atoms with Gasteiger partial charge in [0.1, 0.15) is 0 Å². The van der Waals surface area contributed by atoms with E-state index in [4.69, 9.17) is 4.74 Å². The van der Waals surface area contributed by atoms with Crippen LogP contribution in [0.3, 0.4) is 0 Å². The van der Waals surface area contributed by atoms with E-state index in [0.29, 0.717) is 6.10 Å². The summed E-state index contributed by atoms with van der Waals surface area (Å²) in [7, 11) is 0. The lowest BCUT2D eigenvalue weighted by atomic mass is 10.1. The van der Waals surface area contributed by atoms with Crippen LogP contribution in [0.15, 0.2) is 0 Å². The van der Waals surface area contributed by atoms with E-state index in [1.165, 1.54) is 19.3 Å². The SMILES string of the molecule is CCCC1C[CH]CCO1. The van der Waals surface area contributed by atoms with Gasteiger partial charge in [0, 0.05) is 6.61 Å². The smallest absolute Gasteiger partial charge is 0.0577 e. The van der Waals surface area contributed by atoms with Crippen LogP contribution in [0.5, 0.6) is 0 Å². The van der Waals surface area contributed by atoms with Gasteiger partial charge >= 0.3 is 0 Å². The molecule has 0 aromatic heterocycles. The summed E-state index contributed by atoms with van der Waals surface area (Å²) in [5.74, 6) is 0. The van der Waals surface area contributed by atoms with Crippen molar-refractivity contribution in [1.29, 1.82) is 0 Å².